The van der Waals surface area contributed by atoms with Crippen LogP contribution in [0, 0.1) is 0 Å². The van der Waals surface area contributed by atoms with Crippen LogP contribution >= 0.6 is 0 Å². The smallest absolute Gasteiger partial charge is 0.183 e. The predicted octanol–water partition coefficient (Wildman–Crippen LogP) is 10.7. The fraction of sp³-hybridized carbons (Fsp3) is 0.576. The second-order valence-electron chi connectivity index (χ2n) is 12.5. The van der Waals surface area contributed by atoms with Crippen molar-refractivity contribution in [1.82, 2.24) is 0 Å². The zero-order chi connectivity index (χ0) is 27.9. The molecule has 0 aliphatic carbocycles. The summed E-state index contributed by atoms with van der Waals surface area (Å²) in [5.41, 5.74) is 9.55. The average Bonchev–Trinajstić information content (AvgIpc) is 2.79. The first-order valence-corrected chi connectivity index (χ1v) is 17.7. The fourth-order valence-corrected chi connectivity index (χ4v) is 5.34. The molecule has 0 atom stereocenters. The third kappa shape index (κ3) is 9.03. The van der Waals surface area contributed by atoms with E-state index in [0.29, 0.717) is 23.7 Å². The summed E-state index contributed by atoms with van der Waals surface area (Å²) in [4.78, 5) is 10.7. The first kappa shape index (κ1) is 31.2. The van der Waals surface area contributed by atoms with Crippen LogP contribution in [0.4, 0.5) is 11.4 Å². The van der Waals surface area contributed by atoms with E-state index < -0.39 is 8.32 Å². The largest absolute Gasteiger partial charge is 0.418 e. The molecule has 0 saturated heterocycles. The van der Waals surface area contributed by atoms with Gasteiger partial charge in [-0.25, -0.2) is 0 Å². The standard InChI is InChI=1S/C33H52N2OSi/c1-22(2)27-16-13-17-28(23(3)4)32(27)34-26(9)31(20-15-21-36-37(10,11)12)35-33-29(24(5)6)18-14-19-30(33)25(7)8/h13-14,16-19,22-25H,15,20-21H2,1-12H3. The summed E-state index contributed by atoms with van der Waals surface area (Å²) in [6.45, 7) is 27.7. The Morgan fingerprint density at radius 1 is 0.676 bits per heavy atom. The van der Waals surface area contributed by atoms with E-state index in [1.54, 1.807) is 0 Å². The molecule has 0 heterocycles. The molecular weight excluding hydrogens is 468 g/mol. The van der Waals surface area contributed by atoms with E-state index in [2.05, 4.69) is 118 Å². The van der Waals surface area contributed by atoms with Crippen LogP contribution in [-0.2, 0) is 4.43 Å². The van der Waals surface area contributed by atoms with Crippen molar-refractivity contribution in [2.24, 2.45) is 9.98 Å². The van der Waals surface area contributed by atoms with Crippen molar-refractivity contribution in [3.05, 3.63) is 58.7 Å². The molecule has 0 bridgehead atoms. The molecule has 3 nitrogen and oxygen atoms in total. The van der Waals surface area contributed by atoms with Crippen LogP contribution in [0.15, 0.2) is 46.4 Å². The lowest BCUT2D eigenvalue weighted by atomic mass is 9.92. The van der Waals surface area contributed by atoms with Gasteiger partial charge in [0.1, 0.15) is 0 Å². The van der Waals surface area contributed by atoms with Gasteiger partial charge in [0.2, 0.25) is 0 Å². The van der Waals surface area contributed by atoms with Gasteiger partial charge in [-0.05, 0) is 85.3 Å². The SMILES string of the molecule is CC(=Nc1c(C(C)C)cccc1C(C)C)C(CCCO[Si](C)(C)C)=Nc1c(C(C)C)cccc1C(C)C. The third-order valence-corrected chi connectivity index (χ3v) is 7.79. The minimum Gasteiger partial charge on any atom is -0.418 e. The Hall–Kier alpha value is -2.04. The van der Waals surface area contributed by atoms with E-state index in [0.717, 1.165) is 42.2 Å². The number of para-hydroxylation sites is 2. The van der Waals surface area contributed by atoms with Crippen molar-refractivity contribution in [2.45, 2.75) is 118 Å². The number of nitrogens with zero attached hydrogens (tertiary/aromatic N) is 2. The van der Waals surface area contributed by atoms with Gasteiger partial charge in [-0.15, -0.1) is 0 Å². The predicted molar refractivity (Wildman–Crippen MR) is 168 cm³/mol. The van der Waals surface area contributed by atoms with Gasteiger partial charge in [0.25, 0.3) is 0 Å². The maximum atomic E-state index is 6.20. The van der Waals surface area contributed by atoms with Crippen LogP contribution < -0.4 is 0 Å². The summed E-state index contributed by atoms with van der Waals surface area (Å²) in [5.74, 6) is 1.62. The minimum atomic E-state index is -1.55. The van der Waals surface area contributed by atoms with Crippen molar-refractivity contribution in [1.29, 1.82) is 0 Å². The lowest BCUT2D eigenvalue weighted by Crippen LogP contribution is -2.26. The highest BCUT2D eigenvalue weighted by Gasteiger charge is 2.18. The lowest BCUT2D eigenvalue weighted by molar-refractivity contribution is 0.307. The Morgan fingerprint density at radius 3 is 1.41 bits per heavy atom. The Bertz CT molecular complexity index is 1040. The first-order valence-electron chi connectivity index (χ1n) is 14.3. The molecule has 0 aliphatic rings. The van der Waals surface area contributed by atoms with E-state index in [-0.39, 0.29) is 0 Å². The van der Waals surface area contributed by atoms with Crippen molar-refractivity contribution >= 4 is 31.1 Å². The molecule has 0 N–H and O–H groups in total. The van der Waals surface area contributed by atoms with Gasteiger partial charge in [-0.3, -0.25) is 9.98 Å². The van der Waals surface area contributed by atoms with Crippen molar-refractivity contribution in [3.8, 4) is 0 Å². The summed E-state index contributed by atoms with van der Waals surface area (Å²) < 4.78 is 6.20. The number of hydrogen-bond acceptors (Lipinski definition) is 3. The molecule has 0 saturated carbocycles. The number of benzene rings is 2. The molecule has 2 aromatic rings. The van der Waals surface area contributed by atoms with Gasteiger partial charge in [0.05, 0.1) is 22.8 Å². The Kier molecular flexibility index (Phi) is 11.5. The van der Waals surface area contributed by atoms with E-state index in [1.165, 1.54) is 22.3 Å². The van der Waals surface area contributed by atoms with E-state index in [1.807, 2.05) is 0 Å². The molecule has 4 heteroatoms. The van der Waals surface area contributed by atoms with Gasteiger partial charge in [-0.1, -0.05) is 91.8 Å². The van der Waals surface area contributed by atoms with E-state index in [4.69, 9.17) is 14.4 Å². The molecular formula is C33H52N2OSi. The second-order valence-corrected chi connectivity index (χ2v) is 17.0. The first-order chi connectivity index (χ1) is 17.2. The fourth-order valence-electron chi connectivity index (χ4n) is 4.58. The Labute approximate surface area is 229 Å². The van der Waals surface area contributed by atoms with Gasteiger partial charge in [-0.2, -0.15) is 0 Å². The summed E-state index contributed by atoms with van der Waals surface area (Å²) in [7, 11) is -1.55. The summed E-state index contributed by atoms with van der Waals surface area (Å²) >= 11 is 0. The molecule has 0 spiro atoms. The van der Waals surface area contributed by atoms with Crippen molar-refractivity contribution < 1.29 is 4.43 Å². The van der Waals surface area contributed by atoms with Crippen LogP contribution in [0.1, 0.15) is 121 Å². The summed E-state index contributed by atoms with van der Waals surface area (Å²) in [6.07, 6.45) is 1.80. The van der Waals surface area contributed by atoms with Gasteiger partial charge in [0.15, 0.2) is 8.32 Å². The number of rotatable bonds is 12. The highest BCUT2D eigenvalue weighted by molar-refractivity contribution is 6.69. The molecule has 0 fully saturated rings. The molecule has 204 valence electrons. The maximum absolute atomic E-state index is 6.20. The van der Waals surface area contributed by atoms with Crippen LogP contribution in [-0.4, -0.2) is 26.3 Å². The monoisotopic (exact) mass is 520 g/mol. The average molecular weight is 521 g/mol. The molecule has 0 amide bonds. The normalized spacial score (nSPS) is 13.5. The zero-order valence-corrected chi connectivity index (χ0v) is 26.7. The molecule has 2 aromatic carbocycles. The van der Waals surface area contributed by atoms with Crippen LogP contribution in [0.2, 0.25) is 19.6 Å². The van der Waals surface area contributed by atoms with E-state index in [9.17, 15) is 0 Å². The number of hydrogen-bond donors (Lipinski definition) is 0. The molecule has 0 unspecified atom stereocenters. The quantitative estimate of drug-likeness (QED) is 0.156. The second kappa shape index (κ2) is 13.7. The Morgan fingerprint density at radius 2 is 1.05 bits per heavy atom. The van der Waals surface area contributed by atoms with Gasteiger partial charge in [0, 0.05) is 6.61 Å². The highest BCUT2D eigenvalue weighted by Crippen LogP contribution is 2.37. The molecule has 0 aromatic heterocycles. The van der Waals surface area contributed by atoms with Crippen LogP contribution in [0.5, 0.6) is 0 Å². The third-order valence-electron chi connectivity index (χ3n) is 6.72. The number of aliphatic imine (C=N–C) groups is 2. The van der Waals surface area contributed by atoms with Gasteiger partial charge >= 0.3 is 0 Å². The van der Waals surface area contributed by atoms with Crippen molar-refractivity contribution in [2.75, 3.05) is 6.61 Å². The lowest BCUT2D eigenvalue weighted by Gasteiger charge is -2.20. The molecule has 2 rings (SSSR count). The minimum absolute atomic E-state index is 0.403. The van der Waals surface area contributed by atoms with Crippen LogP contribution in [0.25, 0.3) is 0 Å². The van der Waals surface area contributed by atoms with Crippen molar-refractivity contribution in [3.63, 3.8) is 0 Å². The Balaban J connectivity index is 2.69. The zero-order valence-electron chi connectivity index (χ0n) is 25.7. The molecule has 0 aliphatic heterocycles. The summed E-state index contributed by atoms with van der Waals surface area (Å²) in [5, 5.41) is 0. The summed E-state index contributed by atoms with van der Waals surface area (Å²) in [6, 6.07) is 13.3. The topological polar surface area (TPSA) is 34.0 Å². The highest BCUT2D eigenvalue weighted by atomic mass is 28.4. The van der Waals surface area contributed by atoms with Crippen LogP contribution in [0.3, 0.4) is 0 Å². The van der Waals surface area contributed by atoms with E-state index >= 15 is 0 Å². The molecule has 0 radical (unpaired) electrons. The van der Waals surface area contributed by atoms with Gasteiger partial charge < -0.3 is 4.43 Å². The maximum Gasteiger partial charge on any atom is 0.183 e. The molecule has 37 heavy (non-hydrogen) atoms.